The zero-order valence-corrected chi connectivity index (χ0v) is 15.3. The highest BCUT2D eigenvalue weighted by Gasteiger charge is 2.26. The number of nitrogen functional groups attached to an aromatic ring is 1. The van der Waals surface area contributed by atoms with Crippen LogP contribution in [0.25, 0.3) is 0 Å². The highest BCUT2D eigenvalue weighted by molar-refractivity contribution is 7.51. The first-order valence-corrected chi connectivity index (χ1v) is 8.88. The van der Waals surface area contributed by atoms with Crippen LogP contribution in [0.1, 0.15) is 45.1 Å². The van der Waals surface area contributed by atoms with E-state index in [1.165, 1.54) is 5.56 Å². The number of aryl methyl sites for hydroxylation is 1. The number of rotatable bonds is 4. The largest absolute Gasteiger partial charge is 0.397 e. The van der Waals surface area contributed by atoms with Crippen LogP contribution in [0.5, 0.6) is 0 Å². The van der Waals surface area contributed by atoms with Gasteiger partial charge in [0.15, 0.2) is 0 Å². The summed E-state index contributed by atoms with van der Waals surface area (Å²) in [6.45, 7) is 6.08. The van der Waals surface area contributed by atoms with Crippen LogP contribution >= 0.6 is 0 Å². The van der Waals surface area contributed by atoms with Crippen molar-refractivity contribution in [3.63, 3.8) is 0 Å². The van der Waals surface area contributed by atoms with E-state index in [0.29, 0.717) is 6.04 Å². The lowest BCUT2D eigenvalue weighted by molar-refractivity contribution is -0.126. The molecule has 1 aliphatic carbocycles. The monoisotopic (exact) mass is 353 g/mol. The molecule has 0 spiro atoms. The maximum absolute atomic E-state index is 12.0. The Morgan fingerprint density at radius 3 is 2.33 bits per heavy atom. The van der Waals surface area contributed by atoms with E-state index in [1.807, 2.05) is 26.0 Å². The molecule has 0 bridgehead atoms. The van der Waals surface area contributed by atoms with E-state index in [4.69, 9.17) is 14.2 Å². The van der Waals surface area contributed by atoms with Crippen molar-refractivity contribution in [3.8, 4) is 0 Å². The van der Waals surface area contributed by atoms with Gasteiger partial charge in [-0.3, -0.25) is 4.79 Å². The molecule has 1 aliphatic rings. The lowest BCUT2D eigenvalue weighted by Gasteiger charge is -2.30. The van der Waals surface area contributed by atoms with Gasteiger partial charge < -0.3 is 16.4 Å². The summed E-state index contributed by atoms with van der Waals surface area (Å²) in [5, 5.41) is 6.55. The number of carbonyl (C=O) groups excluding carboxylic acids is 1. The van der Waals surface area contributed by atoms with Crippen molar-refractivity contribution in [1.29, 1.82) is 0 Å². The average molecular weight is 353 g/mol. The fourth-order valence-corrected chi connectivity index (χ4v) is 2.92. The number of amides is 1. The summed E-state index contributed by atoms with van der Waals surface area (Å²) in [4.78, 5) is 12.0. The molecule has 0 radical (unpaired) electrons. The average Bonchev–Trinajstić information content (AvgIpc) is 2.52. The number of benzene rings is 1. The van der Waals surface area contributed by atoms with E-state index in [2.05, 4.69) is 23.6 Å². The van der Waals surface area contributed by atoms with Gasteiger partial charge in [-0.25, -0.2) is 0 Å². The molecule has 0 aromatic heterocycles. The molecule has 0 atom stereocenters. The minimum absolute atomic E-state index is 0.167. The molecular formula is C17H27N3O3S. The lowest BCUT2D eigenvalue weighted by Crippen LogP contribution is -2.38. The minimum Gasteiger partial charge on any atom is -0.397 e. The Hall–Kier alpha value is -1.89. The second-order valence-electron chi connectivity index (χ2n) is 6.51. The van der Waals surface area contributed by atoms with Gasteiger partial charge in [-0.2, -0.15) is 8.42 Å². The fourth-order valence-electron chi connectivity index (χ4n) is 2.92. The first-order chi connectivity index (χ1) is 11.4. The Morgan fingerprint density at radius 2 is 1.79 bits per heavy atom. The number of hydrogen-bond acceptors (Lipinski definition) is 5. The van der Waals surface area contributed by atoms with Crippen LogP contribution in [-0.4, -0.2) is 26.4 Å². The van der Waals surface area contributed by atoms with Crippen molar-refractivity contribution >= 4 is 28.9 Å². The van der Waals surface area contributed by atoms with Gasteiger partial charge in [0.25, 0.3) is 0 Å². The van der Waals surface area contributed by atoms with E-state index in [1.54, 1.807) is 0 Å². The van der Waals surface area contributed by atoms with Gasteiger partial charge >= 0.3 is 11.6 Å². The number of nitrogens with two attached hydrogens (primary N) is 1. The van der Waals surface area contributed by atoms with Crippen LogP contribution in [0.4, 0.5) is 11.4 Å². The zero-order chi connectivity index (χ0) is 18.1. The molecule has 1 aromatic rings. The molecule has 4 N–H and O–H groups in total. The highest BCUT2D eigenvalue weighted by Crippen LogP contribution is 2.29. The topological polar surface area (TPSA) is 101 Å². The first-order valence-electron chi connectivity index (χ1n) is 8.22. The Kier molecular flexibility index (Phi) is 8.46. The standard InChI is InChI=1S/C17H27N3O.O2S/c1-11(2)19-17(21)13-5-7-14(8-6-13)20-16-10-12(3)4-9-15(16)18;1-3-2/h4,9-11,13-14,20H,5-8,18H2,1-3H3,(H,19,21);. The van der Waals surface area contributed by atoms with Gasteiger partial charge in [0.1, 0.15) is 0 Å². The molecule has 0 saturated heterocycles. The third-order valence-electron chi connectivity index (χ3n) is 4.10. The Morgan fingerprint density at radius 1 is 1.21 bits per heavy atom. The highest BCUT2D eigenvalue weighted by atomic mass is 32.1. The molecule has 1 aromatic carbocycles. The van der Waals surface area contributed by atoms with E-state index in [-0.39, 0.29) is 17.9 Å². The van der Waals surface area contributed by atoms with Crippen LogP contribution in [0.2, 0.25) is 0 Å². The van der Waals surface area contributed by atoms with E-state index < -0.39 is 11.6 Å². The summed E-state index contributed by atoms with van der Waals surface area (Å²) in [6, 6.07) is 6.69. The lowest BCUT2D eigenvalue weighted by atomic mass is 9.85. The SMILES string of the molecule is Cc1ccc(N)c(NC2CCC(C(=O)NC(C)C)CC2)c1.O=S=O. The van der Waals surface area contributed by atoms with E-state index in [0.717, 1.165) is 37.1 Å². The predicted octanol–water partition coefficient (Wildman–Crippen LogP) is 2.40. The molecular weight excluding hydrogens is 326 g/mol. The molecule has 6 nitrogen and oxygen atoms in total. The molecule has 0 aliphatic heterocycles. The number of hydrogen-bond donors (Lipinski definition) is 3. The predicted molar refractivity (Wildman–Crippen MR) is 97.2 cm³/mol. The zero-order valence-electron chi connectivity index (χ0n) is 14.5. The summed E-state index contributed by atoms with van der Waals surface area (Å²) < 4.78 is 16.6. The second kappa shape index (κ2) is 10.1. The third-order valence-corrected chi connectivity index (χ3v) is 4.10. The van der Waals surface area contributed by atoms with Crippen LogP contribution in [0.15, 0.2) is 18.2 Å². The molecule has 0 unspecified atom stereocenters. The summed E-state index contributed by atoms with van der Waals surface area (Å²) in [6.07, 6.45) is 3.93. The maximum Gasteiger partial charge on any atom is 0.335 e. The fraction of sp³-hybridized carbons (Fsp3) is 0.588. The Balaban J connectivity index is 0.000000891. The second-order valence-corrected chi connectivity index (χ2v) is 6.65. The maximum atomic E-state index is 12.0. The van der Waals surface area contributed by atoms with E-state index in [9.17, 15) is 4.79 Å². The Labute approximate surface area is 147 Å². The Bertz CT molecular complexity index is 578. The van der Waals surface area contributed by atoms with E-state index >= 15 is 0 Å². The molecule has 2 rings (SSSR count). The minimum atomic E-state index is -0.750. The summed E-state index contributed by atoms with van der Waals surface area (Å²) in [5.41, 5.74) is 9.03. The van der Waals surface area contributed by atoms with Crippen molar-refractivity contribution in [2.75, 3.05) is 11.1 Å². The van der Waals surface area contributed by atoms with Crippen LogP contribution < -0.4 is 16.4 Å². The quantitative estimate of drug-likeness (QED) is 0.722. The van der Waals surface area contributed by atoms with Crippen molar-refractivity contribution in [1.82, 2.24) is 5.32 Å². The third kappa shape index (κ3) is 6.70. The molecule has 134 valence electrons. The number of carbonyl (C=O) groups is 1. The molecule has 1 amide bonds. The van der Waals surface area contributed by atoms with Crippen molar-refractivity contribution < 1.29 is 13.2 Å². The molecule has 24 heavy (non-hydrogen) atoms. The van der Waals surface area contributed by atoms with Crippen molar-refractivity contribution in [2.45, 2.75) is 58.5 Å². The summed E-state index contributed by atoms with van der Waals surface area (Å²) in [7, 11) is 0. The first kappa shape index (κ1) is 20.2. The van der Waals surface area contributed by atoms with Crippen molar-refractivity contribution in [3.05, 3.63) is 23.8 Å². The molecule has 1 saturated carbocycles. The smallest absolute Gasteiger partial charge is 0.335 e. The van der Waals surface area contributed by atoms with Gasteiger partial charge in [0.2, 0.25) is 5.91 Å². The summed E-state index contributed by atoms with van der Waals surface area (Å²) >= 11 is -0.750. The van der Waals surface area contributed by atoms with Gasteiger partial charge in [-0.15, -0.1) is 0 Å². The van der Waals surface area contributed by atoms with Crippen LogP contribution in [0, 0.1) is 12.8 Å². The summed E-state index contributed by atoms with van der Waals surface area (Å²) in [5.74, 6) is 0.374. The van der Waals surface area contributed by atoms with Crippen molar-refractivity contribution in [2.24, 2.45) is 5.92 Å². The number of anilines is 2. The van der Waals surface area contributed by atoms with Gasteiger partial charge in [0.05, 0.1) is 11.4 Å². The van der Waals surface area contributed by atoms with Gasteiger partial charge in [0, 0.05) is 18.0 Å². The normalized spacial score (nSPS) is 19.8. The molecule has 0 heterocycles. The van der Waals surface area contributed by atoms with Crippen LogP contribution in [-0.2, 0) is 16.4 Å². The molecule has 7 heteroatoms. The number of nitrogens with one attached hydrogen (secondary N) is 2. The molecule has 1 fully saturated rings. The van der Waals surface area contributed by atoms with Gasteiger partial charge in [-0.1, -0.05) is 6.07 Å². The van der Waals surface area contributed by atoms with Crippen LogP contribution in [0.3, 0.4) is 0 Å². The van der Waals surface area contributed by atoms with Gasteiger partial charge in [-0.05, 0) is 64.2 Å².